The molecule has 5 heteroatoms. The Kier molecular flexibility index (Phi) is 7.44. The summed E-state index contributed by atoms with van der Waals surface area (Å²) in [6, 6.07) is 0. The lowest BCUT2D eigenvalue weighted by Gasteiger charge is -2.24. The van der Waals surface area contributed by atoms with Crippen LogP contribution in [0.25, 0.3) is 0 Å². The minimum atomic E-state index is -1.39. The van der Waals surface area contributed by atoms with E-state index in [1.54, 1.807) is 10.8 Å². The maximum atomic E-state index is 12.2. The van der Waals surface area contributed by atoms with Gasteiger partial charge in [-0.15, -0.1) is 4.39 Å². The molecule has 90 valence electrons. The Labute approximate surface area is 99.9 Å². The molecule has 0 spiro atoms. The number of halogens is 1. The quantitative estimate of drug-likeness (QED) is 0.216. The third kappa shape index (κ3) is 7.96. The average Bonchev–Trinajstić information content (AvgIpc) is 2.14. The molecule has 0 aromatic carbocycles. The summed E-state index contributed by atoms with van der Waals surface area (Å²) >= 11 is 0. The van der Waals surface area contributed by atoms with Gasteiger partial charge in [-0.05, 0) is 20.3 Å². The molecule has 1 amide bonds. The lowest BCUT2D eigenvalue weighted by atomic mass is 10.0. The summed E-state index contributed by atoms with van der Waals surface area (Å²) in [6.45, 7) is 6.41. The fraction of sp³-hybridized carbons (Fsp3) is 0.900. The van der Waals surface area contributed by atoms with E-state index in [-0.39, 0.29) is 4.75 Å². The maximum Gasteiger partial charge on any atom is 0.410 e. The predicted molar refractivity (Wildman–Crippen MR) is 67.7 cm³/mol. The predicted octanol–water partition coefficient (Wildman–Crippen LogP) is 4.66. The van der Waals surface area contributed by atoms with E-state index in [0.717, 1.165) is 10.7 Å². The highest BCUT2D eigenvalue weighted by atomic mass is 33.1. The second-order valence-corrected chi connectivity index (χ2v) is 7.04. The van der Waals surface area contributed by atoms with Crippen LogP contribution in [0, 0.1) is 0 Å². The highest BCUT2D eigenvalue weighted by Gasteiger charge is 2.21. The molecule has 0 heterocycles. The molecule has 2 nitrogen and oxygen atoms in total. The van der Waals surface area contributed by atoms with Gasteiger partial charge < -0.3 is 0 Å². The van der Waals surface area contributed by atoms with Crippen molar-refractivity contribution in [1.29, 1.82) is 0 Å². The van der Waals surface area contributed by atoms with Crippen molar-refractivity contribution in [2.24, 2.45) is 0 Å². The largest absolute Gasteiger partial charge is 0.410 e. The van der Waals surface area contributed by atoms with Gasteiger partial charge in [0.25, 0.3) is 0 Å². The number of carbonyl (C=O) groups is 1. The summed E-state index contributed by atoms with van der Waals surface area (Å²) in [5.41, 5.74) is 0. The molecule has 0 rings (SSSR count). The minimum Gasteiger partial charge on any atom is -0.252 e. The second-order valence-electron chi connectivity index (χ2n) is 4.13. The van der Waals surface area contributed by atoms with Gasteiger partial charge in [0.1, 0.15) is 0 Å². The zero-order chi connectivity index (χ0) is 11.9. The third-order valence-electron chi connectivity index (χ3n) is 2.00. The van der Waals surface area contributed by atoms with E-state index in [1.165, 1.54) is 37.3 Å². The number of hydrogen-bond donors (Lipinski definition) is 0. The van der Waals surface area contributed by atoms with E-state index in [2.05, 4.69) is 20.8 Å². The van der Waals surface area contributed by atoms with Gasteiger partial charge in [-0.1, -0.05) is 37.0 Å². The minimum absolute atomic E-state index is 0.0869. The lowest BCUT2D eigenvalue weighted by molar-refractivity contribution is 0.210. The first-order valence-corrected chi connectivity index (χ1v) is 7.28. The number of rotatable bonds is 7. The molecule has 0 aliphatic carbocycles. The Morgan fingerprint density at radius 2 is 2.00 bits per heavy atom. The van der Waals surface area contributed by atoms with Crippen LogP contribution < -0.4 is 0 Å². The van der Waals surface area contributed by atoms with Gasteiger partial charge in [0.2, 0.25) is 0 Å². The summed E-state index contributed by atoms with van der Waals surface area (Å²) in [4.78, 5) is 10.3. The zero-order valence-corrected chi connectivity index (χ0v) is 11.5. The summed E-state index contributed by atoms with van der Waals surface area (Å²) in [7, 11) is 4.17. The van der Waals surface area contributed by atoms with Gasteiger partial charge in [0.05, 0.1) is 0 Å². The summed E-state index contributed by atoms with van der Waals surface area (Å²) < 4.78 is 13.3. The fourth-order valence-corrected chi connectivity index (χ4v) is 2.99. The van der Waals surface area contributed by atoms with Gasteiger partial charge in [-0.2, -0.15) is 0 Å². The molecule has 0 atom stereocenters. The van der Waals surface area contributed by atoms with E-state index in [4.69, 9.17) is 0 Å². The molecule has 0 bridgehead atoms. The van der Waals surface area contributed by atoms with E-state index in [1.807, 2.05) is 0 Å². The number of amides is 1. The van der Waals surface area contributed by atoms with E-state index < -0.39 is 6.16 Å². The molecule has 0 aliphatic rings. The van der Waals surface area contributed by atoms with E-state index in [9.17, 15) is 9.18 Å². The topological polar surface area (TPSA) is 20.3 Å². The second kappa shape index (κ2) is 7.39. The Balaban J connectivity index is 3.77. The Morgan fingerprint density at radius 1 is 1.40 bits per heavy atom. The van der Waals surface area contributed by atoms with Gasteiger partial charge in [0, 0.05) is 22.8 Å². The normalized spacial score (nSPS) is 11.5. The van der Waals surface area contributed by atoms with Gasteiger partial charge >= 0.3 is 6.16 Å². The molecule has 0 fully saturated rings. The fourth-order valence-electron chi connectivity index (χ4n) is 1.03. The first kappa shape index (κ1) is 15.1. The van der Waals surface area contributed by atoms with Crippen molar-refractivity contribution in [3.63, 3.8) is 0 Å². The SMILES string of the molecule is CCCCCC(C)(C)SSN(C)C(=O)F. The molecule has 0 saturated carbocycles. The number of carbonyl (C=O) groups excluding carboxylic acids is 1. The Bertz CT molecular complexity index is 200. The molecule has 0 aromatic heterocycles. The van der Waals surface area contributed by atoms with Crippen LogP contribution in [0.1, 0.15) is 46.5 Å². The van der Waals surface area contributed by atoms with Crippen LogP contribution in [-0.2, 0) is 0 Å². The standard InChI is InChI=1S/C10H20FNOS2/c1-5-6-7-8-10(2,3)14-15-12(4)9(11)13/h5-8H2,1-4H3. The first-order valence-electron chi connectivity index (χ1n) is 5.18. The number of nitrogens with zero attached hydrogens (tertiary/aromatic N) is 1. The van der Waals surface area contributed by atoms with Crippen molar-refractivity contribution < 1.29 is 9.18 Å². The van der Waals surface area contributed by atoms with Gasteiger partial charge in [0.15, 0.2) is 0 Å². The molecular formula is C10H20FNOS2. The number of unbranched alkanes of at least 4 members (excludes halogenated alkanes) is 2. The third-order valence-corrected chi connectivity index (χ3v) is 5.35. The molecule has 15 heavy (non-hydrogen) atoms. The van der Waals surface area contributed by atoms with Crippen molar-refractivity contribution in [2.75, 3.05) is 7.05 Å². The molecule has 0 aromatic rings. The summed E-state index contributed by atoms with van der Waals surface area (Å²) in [5.74, 6) is 0. The number of hydrogen-bond acceptors (Lipinski definition) is 3. The molecule has 0 unspecified atom stereocenters. The van der Waals surface area contributed by atoms with Crippen LogP contribution >= 0.6 is 21.8 Å². The van der Waals surface area contributed by atoms with E-state index >= 15 is 0 Å². The summed E-state index contributed by atoms with van der Waals surface area (Å²) in [6.07, 6.45) is 3.32. The smallest absolute Gasteiger partial charge is 0.252 e. The highest BCUT2D eigenvalue weighted by molar-refractivity contribution is 8.76. The van der Waals surface area contributed by atoms with Crippen LogP contribution in [0.2, 0.25) is 0 Å². The average molecular weight is 253 g/mol. The highest BCUT2D eigenvalue weighted by Crippen LogP contribution is 2.40. The van der Waals surface area contributed by atoms with Crippen LogP contribution in [0.5, 0.6) is 0 Å². The van der Waals surface area contributed by atoms with Crippen molar-refractivity contribution in [3.8, 4) is 0 Å². The van der Waals surface area contributed by atoms with Crippen molar-refractivity contribution in [3.05, 3.63) is 0 Å². The molecule has 0 saturated heterocycles. The van der Waals surface area contributed by atoms with Crippen LogP contribution in [0.15, 0.2) is 0 Å². The lowest BCUT2D eigenvalue weighted by Crippen LogP contribution is -2.17. The maximum absolute atomic E-state index is 12.2. The molecular weight excluding hydrogens is 233 g/mol. The monoisotopic (exact) mass is 253 g/mol. The Hall–Kier alpha value is 0.1000. The van der Waals surface area contributed by atoms with Crippen molar-refractivity contribution >= 4 is 27.9 Å². The van der Waals surface area contributed by atoms with Crippen LogP contribution in [-0.4, -0.2) is 22.3 Å². The molecule has 0 radical (unpaired) electrons. The first-order chi connectivity index (χ1) is 6.89. The Morgan fingerprint density at radius 3 is 2.47 bits per heavy atom. The van der Waals surface area contributed by atoms with Crippen LogP contribution in [0.3, 0.4) is 0 Å². The molecule has 0 N–H and O–H groups in total. The van der Waals surface area contributed by atoms with Gasteiger partial charge in [-0.3, -0.25) is 4.31 Å². The van der Waals surface area contributed by atoms with E-state index in [0.29, 0.717) is 0 Å². The van der Waals surface area contributed by atoms with Crippen LogP contribution in [0.4, 0.5) is 9.18 Å². The van der Waals surface area contributed by atoms with Crippen molar-refractivity contribution in [1.82, 2.24) is 4.31 Å². The summed E-state index contributed by atoms with van der Waals surface area (Å²) in [5, 5.41) is 0. The molecule has 0 aliphatic heterocycles. The van der Waals surface area contributed by atoms with Crippen molar-refractivity contribution in [2.45, 2.75) is 51.2 Å². The van der Waals surface area contributed by atoms with Gasteiger partial charge in [-0.25, -0.2) is 4.79 Å². The zero-order valence-electron chi connectivity index (χ0n) is 9.88.